The summed E-state index contributed by atoms with van der Waals surface area (Å²) >= 11 is 0. The van der Waals surface area contributed by atoms with E-state index >= 15 is 0 Å². The van der Waals surface area contributed by atoms with Crippen LogP contribution in [0.1, 0.15) is 101 Å². The fraction of sp³-hybridized carbons (Fsp3) is 0.462. The number of rotatable bonds is 6. The first-order valence-corrected chi connectivity index (χ1v) is 16.7. The van der Waals surface area contributed by atoms with Crippen molar-refractivity contribution < 1.29 is 24.9 Å². The van der Waals surface area contributed by atoms with Gasteiger partial charge in [-0.2, -0.15) is 0 Å². The molecule has 4 aliphatic rings. The zero-order chi connectivity index (χ0) is 30.3. The van der Waals surface area contributed by atoms with Crippen LogP contribution in [0.25, 0.3) is 22.5 Å². The van der Waals surface area contributed by atoms with Crippen LogP contribution in [0.4, 0.5) is 0 Å². The van der Waals surface area contributed by atoms with Gasteiger partial charge in [0.15, 0.2) is 0 Å². The summed E-state index contributed by atoms with van der Waals surface area (Å²) in [4.78, 5) is 27.5. The number of carbonyl (C=O) groups excluding carboxylic acids is 1. The van der Waals surface area contributed by atoms with Gasteiger partial charge in [0.05, 0.1) is 0 Å². The Labute approximate surface area is 282 Å². The van der Waals surface area contributed by atoms with E-state index in [1.54, 1.807) is 6.92 Å². The fourth-order valence-corrected chi connectivity index (χ4v) is 8.14. The number of hydrogen-bond donors (Lipinski definition) is 0. The van der Waals surface area contributed by atoms with Crippen LogP contribution in [-0.2, 0) is 24.9 Å². The second kappa shape index (κ2) is 16.0. The number of fused-ring (bicyclic) bond motifs is 4. The molecule has 6 heteroatoms. The van der Waals surface area contributed by atoms with Gasteiger partial charge in [-0.25, -0.2) is 0 Å². The molecule has 45 heavy (non-hydrogen) atoms. The maximum atomic E-state index is 10.0. The van der Waals surface area contributed by atoms with Crippen molar-refractivity contribution in [1.82, 2.24) is 19.9 Å². The van der Waals surface area contributed by atoms with Gasteiger partial charge in [-0.05, 0) is 73.1 Å². The summed E-state index contributed by atoms with van der Waals surface area (Å²) in [6, 6.07) is 25.0. The Morgan fingerprint density at radius 3 is 1.42 bits per heavy atom. The van der Waals surface area contributed by atoms with E-state index in [9.17, 15) is 4.79 Å². The van der Waals surface area contributed by atoms with E-state index in [4.69, 9.17) is 0 Å². The SMILES string of the molecule is CCCC(C)=O.[Ir+3].[c-]1nc(-c2ccccc2)cc(C2CC3CCC2C3)n1.[c-]1nc(-c2ccccc2)cc(C2CC3CCC2C3)n1. The summed E-state index contributed by atoms with van der Waals surface area (Å²) in [5.41, 5.74) is 6.75. The number of benzene rings is 2. The molecule has 4 saturated carbocycles. The Hall–Kier alpha value is -3.08. The Balaban J connectivity index is 0.000000149. The van der Waals surface area contributed by atoms with Crippen LogP contribution in [-0.4, -0.2) is 25.7 Å². The second-order valence-electron chi connectivity index (χ2n) is 13.3. The molecule has 0 amide bonds. The van der Waals surface area contributed by atoms with E-state index in [1.807, 2.05) is 19.1 Å². The quantitative estimate of drug-likeness (QED) is 0.183. The molecule has 0 aliphatic heterocycles. The third-order valence-corrected chi connectivity index (χ3v) is 10.2. The van der Waals surface area contributed by atoms with Crippen molar-refractivity contribution in [2.24, 2.45) is 23.7 Å². The number of carbonyl (C=O) groups is 1. The minimum Gasteiger partial charge on any atom is -0.370 e. The van der Waals surface area contributed by atoms with E-state index in [0.29, 0.717) is 11.8 Å². The molecule has 4 fully saturated rings. The Morgan fingerprint density at radius 1 is 0.667 bits per heavy atom. The first-order valence-electron chi connectivity index (χ1n) is 16.7. The van der Waals surface area contributed by atoms with Gasteiger partial charge in [-0.15, -0.1) is 12.1 Å². The van der Waals surface area contributed by atoms with Crippen molar-refractivity contribution >= 4 is 5.78 Å². The average Bonchev–Trinajstić information content (AvgIpc) is 3.90. The Morgan fingerprint density at radius 2 is 1.11 bits per heavy atom. The fourth-order valence-electron chi connectivity index (χ4n) is 8.14. The number of Topliss-reactive ketones (excluding diaryl/α,β-unsaturated/α-hetero) is 1. The minimum atomic E-state index is 0. The van der Waals surface area contributed by atoms with Crippen LogP contribution < -0.4 is 0 Å². The largest absolute Gasteiger partial charge is 3.00 e. The van der Waals surface area contributed by atoms with Crippen molar-refractivity contribution in [1.29, 1.82) is 0 Å². The number of hydrogen-bond acceptors (Lipinski definition) is 5. The van der Waals surface area contributed by atoms with Crippen LogP contribution in [0.5, 0.6) is 0 Å². The van der Waals surface area contributed by atoms with Crippen LogP contribution in [0.15, 0.2) is 72.8 Å². The molecule has 0 radical (unpaired) electrons. The van der Waals surface area contributed by atoms with Crippen LogP contribution in [0, 0.1) is 36.3 Å². The van der Waals surface area contributed by atoms with E-state index in [1.165, 1.54) is 62.8 Å². The number of aromatic nitrogens is 4. The summed E-state index contributed by atoms with van der Waals surface area (Å²) in [6.07, 6.45) is 18.6. The first kappa shape index (κ1) is 33.3. The summed E-state index contributed by atoms with van der Waals surface area (Å²) in [5.74, 6) is 5.21. The molecule has 2 heterocycles. The molecule has 4 aliphatic carbocycles. The zero-order valence-electron chi connectivity index (χ0n) is 26.5. The van der Waals surface area contributed by atoms with Crippen molar-refractivity contribution in [2.75, 3.05) is 0 Å². The third kappa shape index (κ3) is 8.40. The van der Waals surface area contributed by atoms with Gasteiger partial charge >= 0.3 is 20.1 Å². The maximum absolute atomic E-state index is 10.0. The predicted octanol–water partition coefficient (Wildman–Crippen LogP) is 9.07. The summed E-state index contributed by atoms with van der Waals surface area (Å²) < 4.78 is 0. The standard InChI is InChI=1S/2C17H17N2.C5H10O.Ir/c2*1-2-4-13(5-3-1)16-10-17(19-11-18-16)15-9-12-6-7-14(15)8-12;1-3-4-5(2)6;/h2*1-5,10,12,14-15H,6-9H2;3-4H2,1-2H3;/q2*-1;;+3. The van der Waals surface area contributed by atoms with Crippen molar-refractivity contribution in [3.05, 3.63) is 96.8 Å². The third-order valence-electron chi connectivity index (χ3n) is 10.2. The van der Waals surface area contributed by atoms with Crippen LogP contribution >= 0.6 is 0 Å². The van der Waals surface area contributed by atoms with Gasteiger partial charge in [0.1, 0.15) is 5.78 Å². The molecular formula is C39H44IrN4O+. The molecular weight excluding hydrogens is 733 g/mol. The molecule has 4 aromatic rings. The van der Waals surface area contributed by atoms with Crippen molar-refractivity contribution in [3.63, 3.8) is 0 Å². The van der Waals surface area contributed by atoms with E-state index < -0.39 is 0 Å². The summed E-state index contributed by atoms with van der Waals surface area (Å²) in [7, 11) is 0. The molecule has 4 bridgehead atoms. The van der Waals surface area contributed by atoms with Gasteiger partial charge in [0.2, 0.25) is 0 Å². The van der Waals surface area contributed by atoms with Gasteiger partial charge in [-0.1, -0.05) is 129 Å². The van der Waals surface area contributed by atoms with Gasteiger partial charge in [-0.3, -0.25) is 0 Å². The predicted molar refractivity (Wildman–Crippen MR) is 175 cm³/mol. The van der Waals surface area contributed by atoms with Crippen molar-refractivity contribution in [2.45, 2.75) is 89.9 Å². The smallest absolute Gasteiger partial charge is 0.370 e. The first-order chi connectivity index (χ1) is 21.6. The van der Waals surface area contributed by atoms with E-state index in [-0.39, 0.29) is 25.9 Å². The second-order valence-corrected chi connectivity index (χ2v) is 13.3. The van der Waals surface area contributed by atoms with Crippen LogP contribution in [0.2, 0.25) is 0 Å². The van der Waals surface area contributed by atoms with Gasteiger partial charge in [0, 0.05) is 19.1 Å². The molecule has 8 rings (SSSR count). The number of nitrogens with zero attached hydrogens (tertiary/aromatic N) is 4. The van der Waals surface area contributed by atoms with Crippen LogP contribution in [0.3, 0.4) is 0 Å². The monoisotopic (exact) mass is 777 g/mol. The van der Waals surface area contributed by atoms with Gasteiger partial charge in [0.25, 0.3) is 0 Å². The van der Waals surface area contributed by atoms with E-state index in [0.717, 1.165) is 59.0 Å². The minimum absolute atomic E-state index is 0. The average molecular weight is 777 g/mol. The molecule has 5 nitrogen and oxygen atoms in total. The van der Waals surface area contributed by atoms with Gasteiger partial charge < -0.3 is 24.7 Å². The topological polar surface area (TPSA) is 68.6 Å². The summed E-state index contributed by atoms with van der Waals surface area (Å²) in [6.45, 7) is 3.62. The maximum Gasteiger partial charge on any atom is 3.00 e. The summed E-state index contributed by atoms with van der Waals surface area (Å²) in [5, 5.41) is 0. The Kier molecular flexibility index (Phi) is 11.8. The molecule has 6 unspecified atom stereocenters. The molecule has 0 spiro atoms. The van der Waals surface area contributed by atoms with Crippen molar-refractivity contribution in [3.8, 4) is 22.5 Å². The molecule has 0 N–H and O–H groups in total. The molecule has 0 saturated heterocycles. The molecule has 234 valence electrons. The molecule has 2 aromatic heterocycles. The Bertz CT molecular complexity index is 1410. The normalized spacial score (nSPS) is 25.4. The number of ketones is 1. The zero-order valence-corrected chi connectivity index (χ0v) is 28.9. The molecule has 2 aromatic carbocycles. The molecule has 6 atom stereocenters. The van der Waals surface area contributed by atoms with E-state index in [2.05, 4.69) is 93.3 Å².